The number of nitrogens with zero attached hydrogens (tertiary/aromatic N) is 1. The van der Waals surface area contributed by atoms with Crippen molar-refractivity contribution in [3.8, 4) is 11.3 Å². The Morgan fingerprint density at radius 2 is 1.81 bits per heavy atom. The van der Waals surface area contributed by atoms with Crippen LogP contribution in [0.1, 0.15) is 21.7 Å². The third-order valence-corrected chi connectivity index (χ3v) is 3.63. The molecule has 0 atom stereocenters. The summed E-state index contributed by atoms with van der Waals surface area (Å²) in [5, 5.41) is 6.45. The predicted molar refractivity (Wildman–Crippen MR) is 93.9 cm³/mol. The number of primary amides is 1. The number of amides is 2. The van der Waals surface area contributed by atoms with Gasteiger partial charge in [-0.15, -0.1) is 0 Å². The van der Waals surface area contributed by atoms with E-state index in [9.17, 15) is 9.59 Å². The zero-order chi connectivity index (χ0) is 18.4. The molecule has 0 aliphatic carbocycles. The van der Waals surface area contributed by atoms with E-state index in [0.717, 1.165) is 11.1 Å². The average molecular weight is 351 g/mol. The van der Waals surface area contributed by atoms with Gasteiger partial charge in [0.2, 0.25) is 0 Å². The Bertz CT molecular complexity index is 889. The van der Waals surface area contributed by atoms with E-state index in [1.165, 1.54) is 0 Å². The van der Waals surface area contributed by atoms with Gasteiger partial charge in [-0.05, 0) is 17.7 Å². The highest BCUT2D eigenvalue weighted by Gasteiger charge is 2.11. The van der Waals surface area contributed by atoms with Gasteiger partial charge in [0.15, 0.2) is 12.4 Å². The summed E-state index contributed by atoms with van der Waals surface area (Å²) >= 11 is 0. The Labute approximate surface area is 149 Å². The van der Waals surface area contributed by atoms with Crippen molar-refractivity contribution in [3.05, 3.63) is 77.6 Å². The second-order valence-corrected chi connectivity index (χ2v) is 5.54. The summed E-state index contributed by atoms with van der Waals surface area (Å²) < 4.78 is 10.4. The maximum absolute atomic E-state index is 12.1. The minimum atomic E-state index is -0.601. The Hall–Kier alpha value is -3.61. The SMILES string of the molecule is NC(=O)NCc1ccc(C(=O)OCc2cc(-c3ccccc3)no2)cc1. The standard InChI is InChI=1S/C19H17N3O4/c20-19(24)21-11-13-6-8-15(9-7-13)18(23)25-12-16-10-17(22-26-16)14-4-2-1-3-5-14/h1-10H,11-12H2,(H3,20,21,24). The lowest BCUT2D eigenvalue weighted by Gasteiger charge is -2.05. The van der Waals surface area contributed by atoms with Crippen molar-refractivity contribution in [3.63, 3.8) is 0 Å². The van der Waals surface area contributed by atoms with Crippen molar-refractivity contribution in [2.75, 3.05) is 0 Å². The first-order chi connectivity index (χ1) is 12.6. The van der Waals surface area contributed by atoms with Gasteiger partial charge in [0.25, 0.3) is 0 Å². The van der Waals surface area contributed by atoms with Crippen LogP contribution in [-0.4, -0.2) is 17.2 Å². The first kappa shape index (κ1) is 17.2. The van der Waals surface area contributed by atoms with Crippen LogP contribution in [0, 0.1) is 0 Å². The second-order valence-electron chi connectivity index (χ2n) is 5.54. The number of nitrogens with two attached hydrogens (primary N) is 1. The normalized spacial score (nSPS) is 10.3. The summed E-state index contributed by atoms with van der Waals surface area (Å²) in [6.07, 6.45) is 0. The number of rotatable bonds is 6. The summed E-state index contributed by atoms with van der Waals surface area (Å²) in [5.41, 5.74) is 7.84. The number of hydrogen-bond donors (Lipinski definition) is 2. The lowest BCUT2D eigenvalue weighted by atomic mass is 10.1. The van der Waals surface area contributed by atoms with Crippen molar-refractivity contribution >= 4 is 12.0 Å². The molecule has 0 saturated carbocycles. The quantitative estimate of drug-likeness (QED) is 0.664. The van der Waals surface area contributed by atoms with Crippen LogP contribution in [-0.2, 0) is 17.9 Å². The molecular weight excluding hydrogens is 334 g/mol. The maximum Gasteiger partial charge on any atom is 0.338 e. The number of carbonyl (C=O) groups excluding carboxylic acids is 2. The molecule has 3 rings (SSSR count). The van der Waals surface area contributed by atoms with E-state index in [-0.39, 0.29) is 6.61 Å². The first-order valence-electron chi connectivity index (χ1n) is 7.92. The van der Waals surface area contributed by atoms with Gasteiger partial charge >= 0.3 is 12.0 Å². The number of carbonyl (C=O) groups is 2. The Kier molecular flexibility index (Phi) is 5.28. The van der Waals surface area contributed by atoms with Gasteiger partial charge in [0.05, 0.1) is 5.56 Å². The first-order valence-corrected chi connectivity index (χ1v) is 7.92. The van der Waals surface area contributed by atoms with Crippen LogP contribution in [0.25, 0.3) is 11.3 Å². The molecule has 0 bridgehead atoms. The highest BCUT2D eigenvalue weighted by Crippen LogP contribution is 2.19. The van der Waals surface area contributed by atoms with Crippen LogP contribution < -0.4 is 11.1 Å². The molecule has 0 aliphatic rings. The van der Waals surface area contributed by atoms with E-state index in [1.807, 2.05) is 30.3 Å². The van der Waals surface area contributed by atoms with Gasteiger partial charge < -0.3 is 20.3 Å². The van der Waals surface area contributed by atoms with Crippen molar-refractivity contribution in [1.29, 1.82) is 0 Å². The molecule has 0 aliphatic heterocycles. The number of esters is 1. The zero-order valence-electron chi connectivity index (χ0n) is 13.8. The van der Waals surface area contributed by atoms with Crippen molar-refractivity contribution in [2.24, 2.45) is 5.73 Å². The molecule has 0 unspecified atom stereocenters. The second kappa shape index (κ2) is 7.98. The fourth-order valence-electron chi connectivity index (χ4n) is 2.29. The summed E-state index contributed by atoms with van der Waals surface area (Å²) in [6.45, 7) is 0.286. The minimum absolute atomic E-state index is 0.0103. The number of urea groups is 1. The molecule has 1 heterocycles. The molecule has 3 aromatic rings. The Morgan fingerprint density at radius 3 is 2.50 bits per heavy atom. The molecule has 2 aromatic carbocycles. The number of benzene rings is 2. The van der Waals surface area contributed by atoms with Crippen LogP contribution in [0.2, 0.25) is 0 Å². The lowest BCUT2D eigenvalue weighted by Crippen LogP contribution is -2.28. The third-order valence-electron chi connectivity index (χ3n) is 3.63. The summed E-state index contributed by atoms with van der Waals surface area (Å²) in [5.74, 6) is -0.0171. The van der Waals surface area contributed by atoms with Crippen LogP contribution >= 0.6 is 0 Å². The monoisotopic (exact) mass is 351 g/mol. The van der Waals surface area contributed by atoms with Gasteiger partial charge in [-0.25, -0.2) is 9.59 Å². The number of nitrogens with one attached hydrogen (secondary N) is 1. The largest absolute Gasteiger partial charge is 0.454 e. The van der Waals surface area contributed by atoms with Crippen molar-refractivity contribution in [1.82, 2.24) is 10.5 Å². The maximum atomic E-state index is 12.1. The van der Waals surface area contributed by atoms with Gasteiger partial charge in [-0.1, -0.05) is 47.6 Å². The topological polar surface area (TPSA) is 107 Å². The van der Waals surface area contributed by atoms with E-state index in [2.05, 4.69) is 10.5 Å². The van der Waals surface area contributed by atoms with Crippen LogP contribution in [0.4, 0.5) is 4.79 Å². The molecule has 7 nitrogen and oxygen atoms in total. The average Bonchev–Trinajstić information content (AvgIpc) is 3.14. The fraction of sp³-hybridized carbons (Fsp3) is 0.105. The van der Waals surface area contributed by atoms with Crippen molar-refractivity contribution in [2.45, 2.75) is 13.2 Å². The molecule has 3 N–H and O–H groups in total. The molecule has 7 heteroatoms. The fourth-order valence-corrected chi connectivity index (χ4v) is 2.29. The van der Waals surface area contributed by atoms with Gasteiger partial charge in [0.1, 0.15) is 5.69 Å². The van der Waals surface area contributed by atoms with Crippen LogP contribution in [0.5, 0.6) is 0 Å². The molecule has 1 aromatic heterocycles. The lowest BCUT2D eigenvalue weighted by molar-refractivity contribution is 0.0437. The molecular formula is C19H17N3O4. The molecule has 0 spiro atoms. The highest BCUT2D eigenvalue weighted by atomic mass is 16.5. The van der Waals surface area contributed by atoms with Gasteiger partial charge in [-0.2, -0.15) is 0 Å². The molecule has 0 radical (unpaired) electrons. The van der Waals surface area contributed by atoms with Crippen molar-refractivity contribution < 1.29 is 18.8 Å². The molecule has 0 fully saturated rings. The summed E-state index contributed by atoms with van der Waals surface area (Å²) in [6, 6.07) is 17.4. The molecule has 26 heavy (non-hydrogen) atoms. The molecule has 0 saturated heterocycles. The Balaban J connectivity index is 1.55. The number of ether oxygens (including phenoxy) is 1. The van der Waals surface area contributed by atoms with Gasteiger partial charge in [-0.3, -0.25) is 0 Å². The van der Waals surface area contributed by atoms with E-state index in [0.29, 0.717) is 23.6 Å². The number of hydrogen-bond acceptors (Lipinski definition) is 5. The van der Waals surface area contributed by atoms with E-state index < -0.39 is 12.0 Å². The van der Waals surface area contributed by atoms with Crippen LogP contribution in [0.3, 0.4) is 0 Å². The zero-order valence-corrected chi connectivity index (χ0v) is 13.8. The van der Waals surface area contributed by atoms with Gasteiger partial charge in [0, 0.05) is 18.2 Å². The van der Waals surface area contributed by atoms with E-state index in [1.54, 1.807) is 30.3 Å². The highest BCUT2D eigenvalue weighted by molar-refractivity contribution is 5.89. The van der Waals surface area contributed by atoms with Crippen LogP contribution in [0.15, 0.2) is 65.2 Å². The molecule has 132 valence electrons. The number of aromatic nitrogens is 1. The minimum Gasteiger partial charge on any atom is -0.454 e. The van der Waals surface area contributed by atoms with E-state index in [4.69, 9.17) is 15.0 Å². The van der Waals surface area contributed by atoms with E-state index >= 15 is 0 Å². The Morgan fingerprint density at radius 1 is 1.08 bits per heavy atom. The molecule has 2 amide bonds. The summed E-state index contributed by atoms with van der Waals surface area (Å²) in [7, 11) is 0. The smallest absolute Gasteiger partial charge is 0.338 e. The third kappa shape index (κ3) is 4.47. The summed E-state index contributed by atoms with van der Waals surface area (Å²) in [4.78, 5) is 22.8. The predicted octanol–water partition coefficient (Wildman–Crippen LogP) is 2.87.